The smallest absolute Gasteiger partial charge is 0.227 e. The summed E-state index contributed by atoms with van der Waals surface area (Å²) in [6.45, 7) is 0. The Morgan fingerprint density at radius 1 is 1.38 bits per heavy atom. The molecule has 0 atom stereocenters. The highest BCUT2D eigenvalue weighted by Gasteiger charge is 2.10. The zero-order chi connectivity index (χ0) is 14.7. The third-order valence-corrected chi connectivity index (χ3v) is 3.08. The molecule has 105 valence electrons. The third kappa shape index (κ3) is 2.80. The van der Waals surface area contributed by atoms with Gasteiger partial charge in [-0.1, -0.05) is 17.7 Å². The average Bonchev–Trinajstić information content (AvgIpc) is 3.04. The van der Waals surface area contributed by atoms with E-state index in [-0.39, 0.29) is 0 Å². The summed E-state index contributed by atoms with van der Waals surface area (Å²) in [4.78, 5) is 8.57. The Kier molecular flexibility index (Phi) is 3.70. The molecule has 3 aromatic rings. The molecule has 0 saturated carbocycles. The predicted octanol–water partition coefficient (Wildman–Crippen LogP) is 3.07. The highest BCUT2D eigenvalue weighted by Crippen LogP contribution is 2.28. The fourth-order valence-corrected chi connectivity index (χ4v) is 2.02. The van der Waals surface area contributed by atoms with E-state index in [0.29, 0.717) is 22.4 Å². The molecular formula is C14H11ClN5O. The normalized spacial score (nSPS) is 10.4. The Balaban J connectivity index is 1.95. The number of halogens is 1. The number of H-pyrrole nitrogens is 1. The van der Waals surface area contributed by atoms with Gasteiger partial charge >= 0.3 is 0 Å². The van der Waals surface area contributed by atoms with Crippen molar-refractivity contribution in [3.63, 3.8) is 0 Å². The number of hydrogen-bond acceptors (Lipinski definition) is 5. The molecule has 6 nitrogen and oxygen atoms in total. The molecule has 21 heavy (non-hydrogen) atoms. The van der Waals surface area contributed by atoms with Gasteiger partial charge in [0.05, 0.1) is 35.9 Å². The van der Waals surface area contributed by atoms with E-state index in [1.165, 1.54) is 0 Å². The Bertz CT molecular complexity index is 745. The Morgan fingerprint density at radius 3 is 3.05 bits per heavy atom. The van der Waals surface area contributed by atoms with Crippen molar-refractivity contribution in [3.05, 3.63) is 47.9 Å². The summed E-state index contributed by atoms with van der Waals surface area (Å²) in [5, 5.41) is 10.2. The zero-order valence-corrected chi connectivity index (χ0v) is 11.8. The molecule has 0 aliphatic heterocycles. The van der Waals surface area contributed by atoms with Gasteiger partial charge in [0.1, 0.15) is 5.75 Å². The van der Waals surface area contributed by atoms with E-state index in [0.717, 1.165) is 11.3 Å². The maximum atomic E-state index is 6.13. The van der Waals surface area contributed by atoms with Gasteiger partial charge in [-0.2, -0.15) is 5.10 Å². The number of benzene rings is 1. The van der Waals surface area contributed by atoms with E-state index in [9.17, 15) is 0 Å². The highest BCUT2D eigenvalue weighted by molar-refractivity contribution is 6.32. The summed E-state index contributed by atoms with van der Waals surface area (Å²) in [5.74, 6) is 1.07. The minimum atomic E-state index is 0.417. The Labute approximate surface area is 126 Å². The number of anilines is 2. The summed E-state index contributed by atoms with van der Waals surface area (Å²) >= 11 is 6.13. The quantitative estimate of drug-likeness (QED) is 0.774. The molecule has 2 aromatic heterocycles. The zero-order valence-electron chi connectivity index (χ0n) is 11.1. The lowest BCUT2D eigenvalue weighted by atomic mass is 10.2. The van der Waals surface area contributed by atoms with Crippen LogP contribution in [0.15, 0.2) is 36.8 Å². The van der Waals surface area contributed by atoms with Crippen LogP contribution in [0.2, 0.25) is 5.02 Å². The van der Waals surface area contributed by atoms with Crippen LogP contribution in [0.4, 0.5) is 11.6 Å². The lowest BCUT2D eigenvalue weighted by Crippen LogP contribution is -2.00. The maximum absolute atomic E-state index is 6.13. The van der Waals surface area contributed by atoms with Crippen LogP contribution < -0.4 is 10.1 Å². The molecule has 3 rings (SSSR count). The number of hydrogen-bond donors (Lipinski definition) is 2. The van der Waals surface area contributed by atoms with Crippen molar-refractivity contribution < 1.29 is 4.74 Å². The largest absolute Gasteiger partial charge is 0.495 e. The minimum Gasteiger partial charge on any atom is -0.495 e. The number of nitrogens with one attached hydrogen (secondary N) is 2. The highest BCUT2D eigenvalue weighted by atomic mass is 35.5. The second-order valence-corrected chi connectivity index (χ2v) is 4.54. The minimum absolute atomic E-state index is 0.417. The monoisotopic (exact) mass is 300 g/mol. The molecule has 0 spiro atoms. The molecule has 0 saturated heterocycles. The van der Waals surface area contributed by atoms with Crippen LogP contribution in [-0.2, 0) is 0 Å². The average molecular weight is 301 g/mol. The second kappa shape index (κ2) is 5.80. The number of nitrogens with zero attached hydrogens (tertiary/aromatic N) is 3. The second-order valence-electron chi connectivity index (χ2n) is 4.13. The van der Waals surface area contributed by atoms with Gasteiger partial charge < -0.3 is 10.1 Å². The summed E-state index contributed by atoms with van der Waals surface area (Å²) in [6, 6.07) is 8.28. The molecule has 7 heteroatoms. The van der Waals surface area contributed by atoms with Crippen LogP contribution in [0.1, 0.15) is 0 Å². The predicted molar refractivity (Wildman–Crippen MR) is 79.7 cm³/mol. The van der Waals surface area contributed by atoms with Crippen molar-refractivity contribution >= 4 is 23.2 Å². The van der Waals surface area contributed by atoms with Crippen LogP contribution >= 0.6 is 11.6 Å². The molecule has 0 aliphatic carbocycles. The number of aromatic nitrogens is 4. The van der Waals surface area contributed by atoms with Crippen molar-refractivity contribution in [2.45, 2.75) is 0 Å². The molecular weight excluding hydrogens is 290 g/mol. The first kappa shape index (κ1) is 13.4. The van der Waals surface area contributed by atoms with E-state index in [4.69, 9.17) is 16.3 Å². The fourth-order valence-electron chi connectivity index (χ4n) is 1.82. The van der Waals surface area contributed by atoms with Crippen LogP contribution in [0, 0.1) is 6.07 Å². The van der Waals surface area contributed by atoms with E-state index < -0.39 is 0 Å². The van der Waals surface area contributed by atoms with Crippen molar-refractivity contribution in [1.29, 1.82) is 0 Å². The van der Waals surface area contributed by atoms with Gasteiger partial charge in [-0.3, -0.25) is 5.10 Å². The van der Waals surface area contributed by atoms with Crippen LogP contribution in [-0.4, -0.2) is 27.3 Å². The molecule has 0 bridgehead atoms. The summed E-state index contributed by atoms with van der Waals surface area (Å²) in [5.41, 5.74) is 2.14. The molecule has 1 radical (unpaired) electrons. The van der Waals surface area contributed by atoms with E-state index in [1.807, 2.05) is 6.07 Å². The number of aromatic amines is 1. The van der Waals surface area contributed by atoms with Crippen molar-refractivity contribution in [3.8, 4) is 17.0 Å². The van der Waals surface area contributed by atoms with Crippen LogP contribution in [0.3, 0.4) is 0 Å². The van der Waals surface area contributed by atoms with E-state index in [2.05, 4.69) is 31.5 Å². The lowest BCUT2D eigenvalue weighted by Gasteiger charge is -2.10. The van der Waals surface area contributed by atoms with E-state index >= 15 is 0 Å². The first-order valence-electron chi connectivity index (χ1n) is 6.10. The summed E-state index contributed by atoms with van der Waals surface area (Å²) < 4.78 is 5.25. The van der Waals surface area contributed by atoms with Crippen LogP contribution in [0.5, 0.6) is 5.75 Å². The molecule has 0 unspecified atom stereocenters. The van der Waals surface area contributed by atoms with E-state index in [1.54, 1.807) is 37.8 Å². The number of rotatable bonds is 4. The van der Waals surface area contributed by atoms with Gasteiger partial charge in [0.15, 0.2) is 0 Å². The first-order valence-corrected chi connectivity index (χ1v) is 6.48. The topological polar surface area (TPSA) is 75.7 Å². The lowest BCUT2D eigenvalue weighted by molar-refractivity contribution is 0.416. The first-order chi connectivity index (χ1) is 10.3. The van der Waals surface area contributed by atoms with Gasteiger partial charge in [-0.15, -0.1) is 0 Å². The molecule has 0 fully saturated rings. The third-order valence-electron chi connectivity index (χ3n) is 2.81. The molecule has 0 aliphatic rings. The molecule has 0 amide bonds. The SMILES string of the molecule is COc1c[c]ccc1Nc1ncc(Cl)c(-c2cn[nH]c2)n1. The maximum Gasteiger partial charge on any atom is 0.227 e. The van der Waals surface area contributed by atoms with Crippen molar-refractivity contribution in [2.24, 2.45) is 0 Å². The van der Waals surface area contributed by atoms with Crippen molar-refractivity contribution in [1.82, 2.24) is 20.2 Å². The van der Waals surface area contributed by atoms with Gasteiger partial charge in [0.2, 0.25) is 5.95 Å². The van der Waals surface area contributed by atoms with Crippen molar-refractivity contribution in [2.75, 3.05) is 12.4 Å². The number of ether oxygens (including phenoxy) is 1. The summed E-state index contributed by atoms with van der Waals surface area (Å²) in [6.07, 6.45) is 4.91. The standard InChI is InChI=1S/C14H11ClN5O/c1-21-12-5-3-2-4-11(12)19-14-16-8-10(15)13(20-14)9-6-17-18-7-9/h2,4-8H,1H3,(H,17,18)(H,16,19,20). The van der Waals surface area contributed by atoms with Gasteiger partial charge in [0, 0.05) is 11.8 Å². The number of methoxy groups -OCH3 is 1. The molecule has 2 heterocycles. The van der Waals surface area contributed by atoms with Gasteiger partial charge in [-0.25, -0.2) is 9.97 Å². The Morgan fingerprint density at radius 2 is 2.29 bits per heavy atom. The molecule has 2 N–H and O–H groups in total. The van der Waals surface area contributed by atoms with Gasteiger partial charge in [0.25, 0.3) is 0 Å². The van der Waals surface area contributed by atoms with Gasteiger partial charge in [-0.05, 0) is 18.2 Å². The van der Waals surface area contributed by atoms with Crippen LogP contribution in [0.25, 0.3) is 11.3 Å². The summed E-state index contributed by atoms with van der Waals surface area (Å²) in [7, 11) is 1.59. The Hall–Kier alpha value is -2.60. The molecule has 1 aromatic carbocycles. The fraction of sp³-hybridized carbons (Fsp3) is 0.0714.